The van der Waals surface area contributed by atoms with Crippen LogP contribution in [-0.4, -0.2) is 5.11 Å². The highest BCUT2D eigenvalue weighted by Crippen LogP contribution is 2.42. The van der Waals surface area contributed by atoms with Gasteiger partial charge in [0.05, 0.1) is 5.69 Å². The fraction of sp³-hybridized carbons (Fsp3) is 0. The van der Waals surface area contributed by atoms with Gasteiger partial charge in [-0.05, 0) is 29.8 Å². The van der Waals surface area contributed by atoms with Crippen molar-refractivity contribution in [3.8, 4) is 28.0 Å². The minimum atomic E-state index is 0.239. The number of benzene rings is 5. The van der Waals surface area contributed by atoms with E-state index < -0.39 is 0 Å². The molecular formula is C30H21NO2. The van der Waals surface area contributed by atoms with Crippen LogP contribution >= 0.6 is 0 Å². The predicted molar refractivity (Wildman–Crippen MR) is 136 cm³/mol. The van der Waals surface area contributed by atoms with Crippen molar-refractivity contribution in [2.75, 3.05) is 5.32 Å². The first-order valence-corrected chi connectivity index (χ1v) is 10.9. The van der Waals surface area contributed by atoms with Gasteiger partial charge in [0.25, 0.3) is 0 Å². The summed E-state index contributed by atoms with van der Waals surface area (Å²) in [5, 5.41) is 16.5. The molecule has 0 amide bonds. The average molecular weight is 428 g/mol. The molecule has 3 nitrogen and oxygen atoms in total. The van der Waals surface area contributed by atoms with Gasteiger partial charge in [-0.25, -0.2) is 0 Å². The lowest BCUT2D eigenvalue weighted by atomic mass is 9.99. The quantitative estimate of drug-likeness (QED) is 0.297. The minimum Gasteiger partial charge on any atom is -0.507 e. The predicted octanol–water partition coefficient (Wildman–Crippen LogP) is 8.37. The summed E-state index contributed by atoms with van der Waals surface area (Å²) in [4.78, 5) is 0. The fourth-order valence-corrected chi connectivity index (χ4v) is 4.48. The number of anilines is 2. The van der Waals surface area contributed by atoms with Crippen LogP contribution in [0.3, 0.4) is 0 Å². The molecular weight excluding hydrogens is 406 g/mol. The van der Waals surface area contributed by atoms with E-state index in [-0.39, 0.29) is 5.75 Å². The summed E-state index contributed by atoms with van der Waals surface area (Å²) >= 11 is 0. The van der Waals surface area contributed by atoms with E-state index >= 15 is 0 Å². The van der Waals surface area contributed by atoms with Crippen LogP contribution in [0.5, 0.6) is 5.75 Å². The maximum absolute atomic E-state index is 10.7. The van der Waals surface area contributed by atoms with Crippen LogP contribution in [-0.2, 0) is 0 Å². The summed E-state index contributed by atoms with van der Waals surface area (Å²) < 4.78 is 6.29. The number of fused-ring (bicyclic) bond motifs is 3. The Balaban J connectivity index is 1.51. The standard InChI is InChI=1S/C30H21NO2/c32-27-18-9-17-26(29(27)20-10-2-1-3-11-20)31-25-16-6-4-12-21(25)23-14-8-15-24-22-13-5-7-19-28(22)33-30(23)24/h1-19,31-32H. The summed E-state index contributed by atoms with van der Waals surface area (Å²) in [7, 11) is 0. The van der Waals surface area contributed by atoms with Gasteiger partial charge >= 0.3 is 0 Å². The van der Waals surface area contributed by atoms with Gasteiger partial charge in [-0.3, -0.25) is 0 Å². The number of hydrogen-bond donors (Lipinski definition) is 2. The van der Waals surface area contributed by atoms with Crippen LogP contribution < -0.4 is 5.32 Å². The number of rotatable bonds is 4. The van der Waals surface area contributed by atoms with Crippen LogP contribution in [0, 0.1) is 0 Å². The minimum absolute atomic E-state index is 0.239. The zero-order valence-electron chi connectivity index (χ0n) is 17.8. The van der Waals surface area contributed by atoms with Crippen molar-refractivity contribution in [2.45, 2.75) is 0 Å². The summed E-state index contributed by atoms with van der Waals surface area (Å²) in [6, 6.07) is 38.0. The molecule has 0 aliphatic rings. The molecule has 0 unspecified atom stereocenters. The first-order chi connectivity index (χ1) is 16.3. The second-order valence-corrected chi connectivity index (χ2v) is 8.02. The van der Waals surface area contributed by atoms with Gasteiger partial charge in [0.15, 0.2) is 0 Å². The molecule has 2 N–H and O–H groups in total. The third-order valence-electron chi connectivity index (χ3n) is 6.00. The molecule has 0 atom stereocenters. The monoisotopic (exact) mass is 427 g/mol. The summed E-state index contributed by atoms with van der Waals surface area (Å²) in [6.07, 6.45) is 0. The summed E-state index contributed by atoms with van der Waals surface area (Å²) in [5.41, 5.74) is 7.30. The molecule has 0 fully saturated rings. The van der Waals surface area contributed by atoms with Crippen molar-refractivity contribution in [1.29, 1.82) is 0 Å². The zero-order chi connectivity index (χ0) is 22.2. The van der Waals surface area contributed by atoms with Gasteiger partial charge in [-0.1, -0.05) is 91.0 Å². The largest absolute Gasteiger partial charge is 0.507 e. The van der Waals surface area contributed by atoms with Gasteiger partial charge in [0.2, 0.25) is 0 Å². The highest BCUT2D eigenvalue weighted by molar-refractivity contribution is 6.10. The lowest BCUT2D eigenvalue weighted by molar-refractivity contribution is 0.477. The molecule has 3 heteroatoms. The number of phenolic OH excluding ortho intramolecular Hbond substituents is 1. The molecule has 0 saturated heterocycles. The van der Waals surface area contributed by atoms with E-state index in [2.05, 4.69) is 41.7 Å². The average Bonchev–Trinajstić information content (AvgIpc) is 3.24. The van der Waals surface area contributed by atoms with Gasteiger partial charge in [0, 0.05) is 33.2 Å². The molecule has 6 rings (SSSR count). The lowest BCUT2D eigenvalue weighted by Gasteiger charge is -2.17. The van der Waals surface area contributed by atoms with Crippen molar-refractivity contribution in [3.63, 3.8) is 0 Å². The molecule has 0 radical (unpaired) electrons. The van der Waals surface area contributed by atoms with Crippen LogP contribution in [0.1, 0.15) is 0 Å². The second kappa shape index (κ2) is 7.88. The van der Waals surface area contributed by atoms with Gasteiger partial charge < -0.3 is 14.8 Å². The van der Waals surface area contributed by atoms with Crippen LogP contribution in [0.15, 0.2) is 120 Å². The van der Waals surface area contributed by atoms with E-state index in [4.69, 9.17) is 4.42 Å². The third-order valence-corrected chi connectivity index (χ3v) is 6.00. The number of hydrogen-bond acceptors (Lipinski definition) is 3. The fourth-order valence-electron chi connectivity index (χ4n) is 4.48. The molecule has 33 heavy (non-hydrogen) atoms. The molecule has 0 aliphatic heterocycles. The first kappa shape index (κ1) is 19.2. The first-order valence-electron chi connectivity index (χ1n) is 10.9. The van der Waals surface area contributed by atoms with Crippen LogP contribution in [0.2, 0.25) is 0 Å². The smallest absolute Gasteiger partial charge is 0.143 e. The Bertz CT molecular complexity index is 1600. The molecule has 158 valence electrons. The number of phenols is 1. The second-order valence-electron chi connectivity index (χ2n) is 8.02. The van der Waals surface area contributed by atoms with Crippen LogP contribution in [0.4, 0.5) is 11.4 Å². The summed E-state index contributed by atoms with van der Waals surface area (Å²) in [5.74, 6) is 0.239. The molecule has 0 bridgehead atoms. The van der Waals surface area contributed by atoms with Crippen LogP contribution in [0.25, 0.3) is 44.2 Å². The highest BCUT2D eigenvalue weighted by atomic mass is 16.3. The Kier molecular flexibility index (Phi) is 4.59. The molecule has 5 aromatic carbocycles. The van der Waals surface area contributed by atoms with E-state index in [1.165, 1.54) is 0 Å². The molecule has 6 aromatic rings. The molecule has 0 spiro atoms. The Morgan fingerprint density at radius 3 is 2.12 bits per heavy atom. The Morgan fingerprint density at radius 2 is 1.21 bits per heavy atom. The van der Waals surface area contributed by atoms with E-state index in [1.807, 2.05) is 72.8 Å². The molecule has 0 saturated carbocycles. The van der Waals surface area contributed by atoms with Gasteiger partial charge in [0.1, 0.15) is 16.9 Å². The number of nitrogens with one attached hydrogen (secondary N) is 1. The number of furan rings is 1. The highest BCUT2D eigenvalue weighted by Gasteiger charge is 2.16. The van der Waals surface area contributed by atoms with Crippen molar-refractivity contribution in [1.82, 2.24) is 0 Å². The van der Waals surface area contributed by atoms with E-state index in [0.29, 0.717) is 0 Å². The lowest BCUT2D eigenvalue weighted by Crippen LogP contribution is -1.96. The summed E-state index contributed by atoms with van der Waals surface area (Å²) in [6.45, 7) is 0. The number of aromatic hydroxyl groups is 1. The Hall–Kier alpha value is -4.50. The van der Waals surface area contributed by atoms with E-state index in [1.54, 1.807) is 6.07 Å². The van der Waals surface area contributed by atoms with Crippen molar-refractivity contribution >= 4 is 33.3 Å². The van der Waals surface area contributed by atoms with Crippen molar-refractivity contribution in [2.24, 2.45) is 0 Å². The Labute approximate surface area is 191 Å². The Morgan fingerprint density at radius 1 is 0.545 bits per heavy atom. The van der Waals surface area contributed by atoms with Gasteiger partial charge in [-0.2, -0.15) is 0 Å². The zero-order valence-corrected chi connectivity index (χ0v) is 17.8. The molecule has 0 aliphatic carbocycles. The maximum atomic E-state index is 10.7. The molecule has 1 aromatic heterocycles. The topological polar surface area (TPSA) is 45.4 Å². The third kappa shape index (κ3) is 3.31. The van der Waals surface area contributed by atoms with E-state index in [9.17, 15) is 5.11 Å². The normalized spacial score (nSPS) is 11.2. The maximum Gasteiger partial charge on any atom is 0.143 e. The van der Waals surface area contributed by atoms with E-state index in [0.717, 1.165) is 55.6 Å². The van der Waals surface area contributed by atoms with Crippen molar-refractivity contribution in [3.05, 3.63) is 115 Å². The van der Waals surface area contributed by atoms with Gasteiger partial charge in [-0.15, -0.1) is 0 Å². The number of para-hydroxylation sites is 3. The van der Waals surface area contributed by atoms with Crippen molar-refractivity contribution < 1.29 is 9.52 Å². The molecule has 1 heterocycles. The SMILES string of the molecule is Oc1cccc(Nc2ccccc2-c2cccc3c2oc2ccccc23)c1-c1ccccc1.